The zero-order chi connectivity index (χ0) is 16.1. The summed E-state index contributed by atoms with van der Waals surface area (Å²) in [6.45, 7) is 3.24. The SMILES string of the molecule is CC(Oc1ccccc1)C(=O)Nc1cnn(C2CCOCC2)c1. The second-order valence-electron chi connectivity index (χ2n) is 5.61. The molecule has 1 aliphatic rings. The molecule has 2 aromatic rings. The lowest BCUT2D eigenvalue weighted by Gasteiger charge is -2.22. The van der Waals surface area contributed by atoms with E-state index < -0.39 is 6.10 Å². The summed E-state index contributed by atoms with van der Waals surface area (Å²) in [6, 6.07) is 9.64. The molecule has 1 aromatic heterocycles. The van der Waals surface area contributed by atoms with Gasteiger partial charge in [-0.25, -0.2) is 0 Å². The van der Waals surface area contributed by atoms with Crippen molar-refractivity contribution >= 4 is 11.6 Å². The molecule has 1 atom stereocenters. The van der Waals surface area contributed by atoms with Gasteiger partial charge in [-0.3, -0.25) is 9.48 Å². The lowest BCUT2D eigenvalue weighted by Crippen LogP contribution is -2.30. The molecule has 6 heteroatoms. The van der Waals surface area contributed by atoms with Crippen molar-refractivity contribution in [2.75, 3.05) is 18.5 Å². The summed E-state index contributed by atoms with van der Waals surface area (Å²) in [5.41, 5.74) is 0.685. The van der Waals surface area contributed by atoms with Crippen molar-refractivity contribution in [3.05, 3.63) is 42.7 Å². The topological polar surface area (TPSA) is 65.4 Å². The number of hydrogen-bond donors (Lipinski definition) is 1. The summed E-state index contributed by atoms with van der Waals surface area (Å²) in [4.78, 5) is 12.2. The second kappa shape index (κ2) is 7.28. The molecule has 1 aliphatic heterocycles. The van der Waals surface area contributed by atoms with Crippen LogP contribution in [-0.2, 0) is 9.53 Å². The number of benzene rings is 1. The van der Waals surface area contributed by atoms with Crippen LogP contribution in [0.1, 0.15) is 25.8 Å². The molecule has 1 fully saturated rings. The Morgan fingerprint density at radius 1 is 1.35 bits per heavy atom. The first-order valence-corrected chi connectivity index (χ1v) is 7.87. The average molecular weight is 315 g/mol. The summed E-state index contributed by atoms with van der Waals surface area (Å²) in [5.74, 6) is 0.480. The third-order valence-corrected chi connectivity index (χ3v) is 3.86. The third-order valence-electron chi connectivity index (χ3n) is 3.86. The van der Waals surface area contributed by atoms with Gasteiger partial charge < -0.3 is 14.8 Å². The van der Waals surface area contributed by atoms with Gasteiger partial charge in [-0.2, -0.15) is 5.10 Å². The van der Waals surface area contributed by atoms with Crippen molar-refractivity contribution in [3.8, 4) is 5.75 Å². The van der Waals surface area contributed by atoms with Crippen LogP contribution < -0.4 is 10.1 Å². The minimum atomic E-state index is -0.580. The van der Waals surface area contributed by atoms with Crippen LogP contribution in [0.25, 0.3) is 0 Å². The lowest BCUT2D eigenvalue weighted by atomic mass is 10.1. The number of amides is 1. The number of rotatable bonds is 5. The number of carbonyl (C=O) groups is 1. The number of nitrogens with zero attached hydrogens (tertiary/aromatic N) is 2. The summed E-state index contributed by atoms with van der Waals surface area (Å²) >= 11 is 0. The first kappa shape index (κ1) is 15.6. The minimum absolute atomic E-state index is 0.194. The molecular weight excluding hydrogens is 294 g/mol. The van der Waals surface area contributed by atoms with Crippen LogP contribution in [0.15, 0.2) is 42.7 Å². The molecule has 0 saturated carbocycles. The highest BCUT2D eigenvalue weighted by Gasteiger charge is 2.19. The molecule has 3 rings (SSSR count). The van der Waals surface area contributed by atoms with Gasteiger partial charge in [0, 0.05) is 19.4 Å². The van der Waals surface area contributed by atoms with Gasteiger partial charge in [0.05, 0.1) is 17.9 Å². The molecule has 0 radical (unpaired) electrons. The summed E-state index contributed by atoms with van der Waals surface area (Å²) in [6.07, 6.45) is 4.85. The Hall–Kier alpha value is -2.34. The van der Waals surface area contributed by atoms with Crippen molar-refractivity contribution in [2.24, 2.45) is 0 Å². The maximum Gasteiger partial charge on any atom is 0.265 e. The Morgan fingerprint density at radius 3 is 2.83 bits per heavy atom. The Morgan fingerprint density at radius 2 is 2.09 bits per heavy atom. The molecule has 1 unspecified atom stereocenters. The molecule has 122 valence electrons. The van der Waals surface area contributed by atoms with E-state index in [1.54, 1.807) is 13.1 Å². The van der Waals surface area contributed by atoms with E-state index in [0.717, 1.165) is 26.1 Å². The minimum Gasteiger partial charge on any atom is -0.481 e. The van der Waals surface area contributed by atoms with Crippen LogP contribution >= 0.6 is 0 Å². The Labute approximate surface area is 135 Å². The molecule has 6 nitrogen and oxygen atoms in total. The van der Waals surface area contributed by atoms with Gasteiger partial charge >= 0.3 is 0 Å². The summed E-state index contributed by atoms with van der Waals surface area (Å²) < 4.78 is 12.9. The van der Waals surface area contributed by atoms with Crippen LogP contribution in [0.2, 0.25) is 0 Å². The summed E-state index contributed by atoms with van der Waals surface area (Å²) in [7, 11) is 0. The first-order valence-electron chi connectivity index (χ1n) is 7.87. The number of ether oxygens (including phenoxy) is 2. The van der Waals surface area contributed by atoms with E-state index in [0.29, 0.717) is 17.5 Å². The molecule has 1 saturated heterocycles. The highest BCUT2D eigenvalue weighted by atomic mass is 16.5. The lowest BCUT2D eigenvalue weighted by molar-refractivity contribution is -0.122. The van der Waals surface area contributed by atoms with Crippen LogP contribution in [0.5, 0.6) is 5.75 Å². The standard InChI is InChI=1S/C17H21N3O3/c1-13(23-16-5-3-2-4-6-16)17(21)19-14-11-18-20(12-14)15-7-9-22-10-8-15/h2-6,11-13,15H,7-10H2,1H3,(H,19,21). The smallest absolute Gasteiger partial charge is 0.265 e. The predicted octanol–water partition coefficient (Wildman–Crippen LogP) is 2.64. The van der Waals surface area contributed by atoms with Crippen molar-refractivity contribution < 1.29 is 14.3 Å². The molecule has 1 amide bonds. The van der Waals surface area contributed by atoms with E-state index in [9.17, 15) is 4.79 Å². The molecule has 0 aliphatic carbocycles. The number of hydrogen-bond acceptors (Lipinski definition) is 4. The van der Waals surface area contributed by atoms with E-state index in [1.807, 2.05) is 41.2 Å². The van der Waals surface area contributed by atoms with Gasteiger partial charge in [0.2, 0.25) is 0 Å². The molecule has 23 heavy (non-hydrogen) atoms. The summed E-state index contributed by atoms with van der Waals surface area (Å²) in [5, 5.41) is 7.18. The van der Waals surface area contributed by atoms with Gasteiger partial charge in [0.25, 0.3) is 5.91 Å². The molecule has 1 N–H and O–H groups in total. The maximum absolute atomic E-state index is 12.2. The molecule has 2 heterocycles. The van der Waals surface area contributed by atoms with Crippen molar-refractivity contribution in [1.29, 1.82) is 0 Å². The average Bonchev–Trinajstić information content (AvgIpc) is 3.05. The van der Waals surface area contributed by atoms with E-state index in [1.165, 1.54) is 0 Å². The van der Waals surface area contributed by atoms with Gasteiger partial charge in [0.15, 0.2) is 6.10 Å². The number of para-hydroxylation sites is 1. The van der Waals surface area contributed by atoms with Gasteiger partial charge in [-0.1, -0.05) is 18.2 Å². The fourth-order valence-electron chi connectivity index (χ4n) is 2.55. The van der Waals surface area contributed by atoms with E-state index in [4.69, 9.17) is 9.47 Å². The highest BCUT2D eigenvalue weighted by molar-refractivity contribution is 5.93. The Kier molecular flexibility index (Phi) is 4.92. The number of nitrogens with one attached hydrogen (secondary N) is 1. The third kappa shape index (κ3) is 4.10. The number of anilines is 1. The zero-order valence-corrected chi connectivity index (χ0v) is 13.1. The number of aromatic nitrogens is 2. The highest BCUT2D eigenvalue weighted by Crippen LogP contribution is 2.21. The fourth-order valence-corrected chi connectivity index (χ4v) is 2.55. The quantitative estimate of drug-likeness (QED) is 0.921. The maximum atomic E-state index is 12.2. The molecular formula is C17H21N3O3. The largest absolute Gasteiger partial charge is 0.481 e. The van der Waals surface area contributed by atoms with E-state index in [2.05, 4.69) is 10.4 Å². The molecule has 0 spiro atoms. The number of carbonyl (C=O) groups excluding carboxylic acids is 1. The van der Waals surface area contributed by atoms with Crippen LogP contribution in [0.3, 0.4) is 0 Å². The van der Waals surface area contributed by atoms with Crippen molar-refractivity contribution in [3.63, 3.8) is 0 Å². The van der Waals surface area contributed by atoms with E-state index >= 15 is 0 Å². The monoisotopic (exact) mass is 315 g/mol. The Bertz CT molecular complexity index is 636. The van der Waals surface area contributed by atoms with Crippen LogP contribution in [0.4, 0.5) is 5.69 Å². The first-order chi connectivity index (χ1) is 11.2. The van der Waals surface area contributed by atoms with Gasteiger partial charge in [-0.05, 0) is 31.9 Å². The van der Waals surface area contributed by atoms with Crippen LogP contribution in [-0.4, -0.2) is 35.0 Å². The Balaban J connectivity index is 1.56. The van der Waals surface area contributed by atoms with Crippen molar-refractivity contribution in [2.45, 2.75) is 31.9 Å². The van der Waals surface area contributed by atoms with Gasteiger partial charge in [0.1, 0.15) is 5.75 Å². The molecule has 0 bridgehead atoms. The fraction of sp³-hybridized carbons (Fsp3) is 0.412. The second-order valence-corrected chi connectivity index (χ2v) is 5.61. The van der Waals surface area contributed by atoms with Crippen molar-refractivity contribution in [1.82, 2.24) is 9.78 Å². The van der Waals surface area contributed by atoms with Gasteiger partial charge in [-0.15, -0.1) is 0 Å². The molecule has 1 aromatic carbocycles. The predicted molar refractivity (Wildman–Crippen MR) is 86.5 cm³/mol. The van der Waals surface area contributed by atoms with Crippen LogP contribution in [0, 0.1) is 0 Å². The van der Waals surface area contributed by atoms with E-state index in [-0.39, 0.29) is 5.91 Å². The normalized spacial score (nSPS) is 16.7. The zero-order valence-electron chi connectivity index (χ0n) is 13.1.